The van der Waals surface area contributed by atoms with Crippen LogP contribution in [0.3, 0.4) is 0 Å². The summed E-state index contributed by atoms with van der Waals surface area (Å²) >= 11 is 0. The zero-order valence-corrected chi connectivity index (χ0v) is 15.4. The maximum atomic E-state index is 11.6. The van der Waals surface area contributed by atoms with Crippen molar-refractivity contribution in [3.05, 3.63) is 12.2 Å². The molecule has 4 heteroatoms. The van der Waals surface area contributed by atoms with Crippen molar-refractivity contribution in [3.63, 3.8) is 0 Å². The molecule has 1 aliphatic rings. The number of esters is 1. The van der Waals surface area contributed by atoms with Crippen molar-refractivity contribution in [1.29, 1.82) is 0 Å². The molecule has 0 aliphatic carbocycles. The Hall–Kier alpha value is -1.32. The molecular formula is C20H34O4. The molecule has 0 spiro atoms. The van der Waals surface area contributed by atoms with E-state index in [0.717, 1.165) is 12.8 Å². The average molecular weight is 338 g/mol. The average Bonchev–Trinajstić information content (AvgIpc) is 2.77. The fourth-order valence-electron chi connectivity index (χ4n) is 3.33. The highest BCUT2D eigenvalue weighted by Gasteiger charge is 2.54. The van der Waals surface area contributed by atoms with Gasteiger partial charge < -0.3 is 9.84 Å². The number of carbonyl (C=O) groups is 2. The number of carboxylic acids is 1. The molecule has 0 aromatic carbocycles. The second-order valence-electron chi connectivity index (χ2n) is 7.20. The first-order valence-electron chi connectivity index (χ1n) is 9.58. The Morgan fingerprint density at radius 2 is 1.50 bits per heavy atom. The van der Waals surface area contributed by atoms with Crippen LogP contribution in [-0.4, -0.2) is 23.1 Å². The number of ether oxygens (including phenoxy) is 1. The zero-order valence-electron chi connectivity index (χ0n) is 15.4. The standard InChI is InChI=1S/C20H34O4/c1-4-5-6-7-8-9-10-11-12-13-14-15-17-20(3,19(22)23)16(2)18(21)24-17/h17H,2,4-15H2,1,3H3,(H,22,23). The van der Waals surface area contributed by atoms with E-state index in [-0.39, 0.29) is 5.57 Å². The number of hydrogen-bond acceptors (Lipinski definition) is 3. The van der Waals surface area contributed by atoms with Crippen molar-refractivity contribution in [3.8, 4) is 0 Å². The number of carbonyl (C=O) groups excluding carboxylic acids is 1. The van der Waals surface area contributed by atoms with Gasteiger partial charge in [-0.3, -0.25) is 4.79 Å². The van der Waals surface area contributed by atoms with Crippen LogP contribution in [0.2, 0.25) is 0 Å². The Morgan fingerprint density at radius 3 is 1.96 bits per heavy atom. The zero-order chi connectivity index (χ0) is 18.0. The predicted octanol–water partition coefficient (Wildman–Crippen LogP) is 5.26. The number of rotatable bonds is 13. The van der Waals surface area contributed by atoms with Crippen LogP contribution in [0.4, 0.5) is 0 Å². The molecule has 1 heterocycles. The number of hydrogen-bond donors (Lipinski definition) is 1. The molecule has 4 nitrogen and oxygen atoms in total. The van der Waals surface area contributed by atoms with Gasteiger partial charge in [0, 0.05) is 0 Å². The molecule has 0 radical (unpaired) electrons. The van der Waals surface area contributed by atoms with Gasteiger partial charge in [0.15, 0.2) is 0 Å². The monoisotopic (exact) mass is 338 g/mol. The largest absolute Gasteiger partial charge is 0.480 e. The lowest BCUT2D eigenvalue weighted by atomic mass is 9.78. The van der Waals surface area contributed by atoms with E-state index in [9.17, 15) is 14.7 Å². The fraction of sp³-hybridized carbons (Fsp3) is 0.800. The van der Waals surface area contributed by atoms with Gasteiger partial charge in [0.05, 0.1) is 5.57 Å². The lowest BCUT2D eigenvalue weighted by molar-refractivity contribution is -0.151. The van der Waals surface area contributed by atoms with Crippen LogP contribution in [0.25, 0.3) is 0 Å². The minimum absolute atomic E-state index is 0.0723. The SMILES string of the molecule is C=C1C(=O)OC(CCCCCCCCCCCCC)C1(C)C(=O)O. The summed E-state index contributed by atoms with van der Waals surface area (Å²) in [4.78, 5) is 23.1. The van der Waals surface area contributed by atoms with Crippen molar-refractivity contribution in [2.45, 2.75) is 97.0 Å². The van der Waals surface area contributed by atoms with E-state index >= 15 is 0 Å². The Kier molecular flexibility index (Phi) is 9.09. The summed E-state index contributed by atoms with van der Waals surface area (Å²) in [5, 5.41) is 9.42. The molecule has 138 valence electrons. The van der Waals surface area contributed by atoms with Crippen LogP contribution < -0.4 is 0 Å². The molecule has 0 aromatic rings. The molecule has 1 fully saturated rings. The highest BCUT2D eigenvalue weighted by molar-refractivity contribution is 6.00. The molecule has 2 atom stereocenters. The van der Waals surface area contributed by atoms with Crippen molar-refractivity contribution in [2.24, 2.45) is 5.41 Å². The first-order valence-corrected chi connectivity index (χ1v) is 9.58. The minimum atomic E-state index is -1.27. The number of carboxylic acid groups (broad SMARTS) is 1. The first-order chi connectivity index (χ1) is 11.4. The summed E-state index contributed by atoms with van der Waals surface area (Å²) in [7, 11) is 0. The summed E-state index contributed by atoms with van der Waals surface area (Å²) in [5.41, 5.74) is -1.20. The number of unbranched alkanes of at least 4 members (excludes halogenated alkanes) is 10. The third-order valence-corrected chi connectivity index (χ3v) is 5.28. The normalized spacial score (nSPS) is 23.5. The molecule has 0 aromatic heterocycles. The maximum absolute atomic E-state index is 11.6. The van der Waals surface area contributed by atoms with E-state index in [4.69, 9.17) is 4.74 Å². The molecule has 1 rings (SSSR count). The van der Waals surface area contributed by atoms with Crippen LogP contribution >= 0.6 is 0 Å². The van der Waals surface area contributed by atoms with Gasteiger partial charge in [-0.1, -0.05) is 77.7 Å². The molecule has 0 amide bonds. The Bertz CT molecular complexity index is 429. The summed E-state index contributed by atoms with van der Waals surface area (Å²) in [6.07, 6.45) is 13.7. The minimum Gasteiger partial charge on any atom is -0.480 e. The van der Waals surface area contributed by atoms with E-state index < -0.39 is 23.5 Å². The Morgan fingerprint density at radius 1 is 1.04 bits per heavy atom. The summed E-state index contributed by atoms with van der Waals surface area (Å²) in [6, 6.07) is 0. The Balaban J connectivity index is 2.12. The highest BCUT2D eigenvalue weighted by Crippen LogP contribution is 2.41. The van der Waals surface area contributed by atoms with Gasteiger partial charge in [-0.2, -0.15) is 0 Å². The molecule has 1 saturated heterocycles. The van der Waals surface area contributed by atoms with Crippen molar-refractivity contribution < 1.29 is 19.4 Å². The van der Waals surface area contributed by atoms with Crippen molar-refractivity contribution in [1.82, 2.24) is 0 Å². The number of aliphatic carboxylic acids is 1. The second-order valence-corrected chi connectivity index (χ2v) is 7.20. The third-order valence-electron chi connectivity index (χ3n) is 5.28. The van der Waals surface area contributed by atoms with E-state index in [1.54, 1.807) is 6.92 Å². The summed E-state index contributed by atoms with van der Waals surface area (Å²) in [5.74, 6) is -1.58. The van der Waals surface area contributed by atoms with Crippen molar-refractivity contribution >= 4 is 11.9 Å². The Labute approximate surface area is 146 Å². The molecule has 0 saturated carbocycles. The van der Waals surface area contributed by atoms with E-state index in [1.807, 2.05) is 0 Å². The third kappa shape index (κ3) is 5.64. The van der Waals surface area contributed by atoms with Gasteiger partial charge >= 0.3 is 11.9 Å². The molecule has 1 aliphatic heterocycles. The van der Waals surface area contributed by atoms with Crippen LogP contribution in [-0.2, 0) is 14.3 Å². The smallest absolute Gasteiger partial charge is 0.335 e. The lowest BCUT2D eigenvalue weighted by Gasteiger charge is -2.24. The quantitative estimate of drug-likeness (QED) is 0.283. The van der Waals surface area contributed by atoms with Gasteiger partial charge in [-0.25, -0.2) is 4.79 Å². The van der Waals surface area contributed by atoms with Crippen molar-refractivity contribution in [2.75, 3.05) is 0 Å². The van der Waals surface area contributed by atoms with E-state index in [1.165, 1.54) is 57.8 Å². The summed E-state index contributed by atoms with van der Waals surface area (Å²) < 4.78 is 5.22. The molecular weight excluding hydrogens is 304 g/mol. The van der Waals surface area contributed by atoms with Gasteiger partial charge in [0.2, 0.25) is 0 Å². The van der Waals surface area contributed by atoms with Crippen LogP contribution in [0.1, 0.15) is 90.9 Å². The van der Waals surface area contributed by atoms with Crippen LogP contribution in [0, 0.1) is 5.41 Å². The van der Waals surface area contributed by atoms with Gasteiger partial charge in [0.1, 0.15) is 11.5 Å². The van der Waals surface area contributed by atoms with Gasteiger partial charge in [-0.05, 0) is 19.8 Å². The molecule has 2 unspecified atom stereocenters. The lowest BCUT2D eigenvalue weighted by Crippen LogP contribution is -2.37. The van der Waals surface area contributed by atoms with E-state index in [0.29, 0.717) is 6.42 Å². The molecule has 1 N–H and O–H groups in total. The fourth-order valence-corrected chi connectivity index (χ4v) is 3.33. The first kappa shape index (κ1) is 20.7. The highest BCUT2D eigenvalue weighted by atomic mass is 16.6. The van der Waals surface area contributed by atoms with Gasteiger partial charge in [-0.15, -0.1) is 0 Å². The summed E-state index contributed by atoms with van der Waals surface area (Å²) in [6.45, 7) is 7.39. The second kappa shape index (κ2) is 10.5. The predicted molar refractivity (Wildman–Crippen MR) is 95.8 cm³/mol. The number of cyclic esters (lactones) is 1. The van der Waals surface area contributed by atoms with Crippen LogP contribution in [0.15, 0.2) is 12.2 Å². The van der Waals surface area contributed by atoms with Crippen LogP contribution in [0.5, 0.6) is 0 Å². The topological polar surface area (TPSA) is 63.6 Å². The molecule has 24 heavy (non-hydrogen) atoms. The maximum Gasteiger partial charge on any atom is 0.335 e. The van der Waals surface area contributed by atoms with E-state index in [2.05, 4.69) is 13.5 Å². The van der Waals surface area contributed by atoms with Gasteiger partial charge in [0.25, 0.3) is 0 Å². The molecule has 0 bridgehead atoms.